The lowest BCUT2D eigenvalue weighted by Gasteiger charge is -2.10. The van der Waals surface area contributed by atoms with Crippen LogP contribution in [-0.4, -0.2) is 22.0 Å². The Kier molecular flexibility index (Phi) is 4.40. The van der Waals surface area contributed by atoms with Crippen LogP contribution in [0, 0.1) is 6.92 Å². The molecule has 0 bridgehead atoms. The Hall–Kier alpha value is -3.14. The Labute approximate surface area is 159 Å². The first-order chi connectivity index (χ1) is 13.1. The molecule has 3 aromatic heterocycles. The zero-order valence-corrected chi connectivity index (χ0v) is 16.2. The SMILES string of the molecule is CNc1ccc(-c2ccc3[nH]c(-c4ccnc(C)c4)c(C(C)C)c3c2)cn1. The second-order valence-electron chi connectivity index (χ2n) is 7.20. The predicted molar refractivity (Wildman–Crippen MR) is 113 cm³/mol. The number of aromatic nitrogens is 3. The number of pyridine rings is 2. The molecule has 2 N–H and O–H groups in total. The molecule has 0 fully saturated rings. The van der Waals surface area contributed by atoms with Gasteiger partial charge in [-0.1, -0.05) is 19.9 Å². The van der Waals surface area contributed by atoms with Crippen LogP contribution in [0.5, 0.6) is 0 Å². The lowest BCUT2D eigenvalue weighted by Crippen LogP contribution is -1.92. The first-order valence-corrected chi connectivity index (χ1v) is 9.29. The summed E-state index contributed by atoms with van der Waals surface area (Å²) in [5.74, 6) is 1.28. The molecule has 0 saturated heterocycles. The number of H-pyrrole nitrogens is 1. The molecule has 0 amide bonds. The number of benzene rings is 1. The number of fused-ring (bicyclic) bond motifs is 1. The molecule has 0 aliphatic rings. The Bertz CT molecular complexity index is 1090. The topological polar surface area (TPSA) is 53.6 Å². The van der Waals surface area contributed by atoms with Gasteiger partial charge in [-0.05, 0) is 60.4 Å². The van der Waals surface area contributed by atoms with E-state index in [0.717, 1.165) is 22.6 Å². The van der Waals surface area contributed by atoms with E-state index < -0.39 is 0 Å². The fourth-order valence-electron chi connectivity index (χ4n) is 3.63. The minimum atomic E-state index is 0.405. The molecule has 0 aliphatic carbocycles. The molecule has 0 atom stereocenters. The van der Waals surface area contributed by atoms with E-state index in [9.17, 15) is 0 Å². The summed E-state index contributed by atoms with van der Waals surface area (Å²) in [6.07, 6.45) is 3.79. The van der Waals surface area contributed by atoms with Gasteiger partial charge < -0.3 is 10.3 Å². The van der Waals surface area contributed by atoms with Crippen molar-refractivity contribution in [3.63, 3.8) is 0 Å². The molecular formula is C23H24N4. The van der Waals surface area contributed by atoms with Crippen LogP contribution in [-0.2, 0) is 0 Å². The van der Waals surface area contributed by atoms with E-state index in [4.69, 9.17) is 0 Å². The van der Waals surface area contributed by atoms with E-state index in [1.165, 1.54) is 27.8 Å². The van der Waals surface area contributed by atoms with Gasteiger partial charge in [0.1, 0.15) is 5.82 Å². The summed E-state index contributed by atoms with van der Waals surface area (Å²) in [5, 5.41) is 4.33. The molecular weight excluding hydrogens is 332 g/mol. The third-order valence-electron chi connectivity index (χ3n) is 4.95. The van der Waals surface area contributed by atoms with Gasteiger partial charge in [0.25, 0.3) is 0 Å². The van der Waals surface area contributed by atoms with E-state index in [-0.39, 0.29) is 0 Å². The minimum absolute atomic E-state index is 0.405. The third-order valence-corrected chi connectivity index (χ3v) is 4.95. The van der Waals surface area contributed by atoms with Gasteiger partial charge in [-0.3, -0.25) is 4.98 Å². The molecule has 1 aromatic carbocycles. The van der Waals surface area contributed by atoms with Crippen molar-refractivity contribution in [1.29, 1.82) is 0 Å². The summed E-state index contributed by atoms with van der Waals surface area (Å²) in [5.41, 5.74) is 8.20. The van der Waals surface area contributed by atoms with Crippen molar-refractivity contribution in [2.75, 3.05) is 12.4 Å². The molecule has 4 rings (SSSR count). The Morgan fingerprint density at radius 3 is 2.41 bits per heavy atom. The second kappa shape index (κ2) is 6.88. The van der Waals surface area contributed by atoms with Crippen LogP contribution in [0.3, 0.4) is 0 Å². The number of aromatic amines is 1. The number of hydrogen-bond donors (Lipinski definition) is 2. The first-order valence-electron chi connectivity index (χ1n) is 9.29. The number of hydrogen-bond acceptors (Lipinski definition) is 3. The molecule has 0 spiro atoms. The van der Waals surface area contributed by atoms with Crippen LogP contribution in [0.1, 0.15) is 31.0 Å². The highest BCUT2D eigenvalue weighted by Gasteiger charge is 2.17. The third kappa shape index (κ3) is 3.19. The summed E-state index contributed by atoms with van der Waals surface area (Å²) >= 11 is 0. The Morgan fingerprint density at radius 1 is 0.926 bits per heavy atom. The summed E-state index contributed by atoms with van der Waals surface area (Å²) in [4.78, 5) is 12.4. The maximum atomic E-state index is 4.45. The number of nitrogens with zero attached hydrogens (tertiary/aromatic N) is 2. The smallest absolute Gasteiger partial charge is 0.125 e. The average molecular weight is 356 g/mol. The van der Waals surface area contributed by atoms with Gasteiger partial charge in [-0.15, -0.1) is 0 Å². The van der Waals surface area contributed by atoms with Gasteiger partial charge in [0, 0.05) is 47.2 Å². The van der Waals surface area contributed by atoms with E-state index >= 15 is 0 Å². The second-order valence-corrected chi connectivity index (χ2v) is 7.20. The minimum Gasteiger partial charge on any atom is -0.373 e. The van der Waals surface area contributed by atoms with Crippen molar-refractivity contribution in [2.45, 2.75) is 26.7 Å². The van der Waals surface area contributed by atoms with Gasteiger partial charge in [0.15, 0.2) is 0 Å². The summed E-state index contributed by atoms with van der Waals surface area (Å²) in [6, 6.07) is 14.9. The molecule has 27 heavy (non-hydrogen) atoms. The Morgan fingerprint density at radius 2 is 1.74 bits per heavy atom. The van der Waals surface area contributed by atoms with Gasteiger partial charge >= 0.3 is 0 Å². The van der Waals surface area contributed by atoms with Crippen molar-refractivity contribution in [3.05, 3.63) is 66.1 Å². The van der Waals surface area contributed by atoms with Crippen LogP contribution in [0.4, 0.5) is 5.82 Å². The van der Waals surface area contributed by atoms with E-state index in [2.05, 4.69) is 70.5 Å². The molecule has 4 heteroatoms. The molecule has 0 radical (unpaired) electrons. The van der Waals surface area contributed by atoms with E-state index in [1.807, 2.05) is 32.4 Å². The molecule has 3 heterocycles. The largest absolute Gasteiger partial charge is 0.373 e. The van der Waals surface area contributed by atoms with Gasteiger partial charge in [-0.2, -0.15) is 0 Å². The van der Waals surface area contributed by atoms with Crippen molar-refractivity contribution in [1.82, 2.24) is 15.0 Å². The molecule has 136 valence electrons. The van der Waals surface area contributed by atoms with Gasteiger partial charge in [-0.25, -0.2) is 4.98 Å². The van der Waals surface area contributed by atoms with Crippen LogP contribution < -0.4 is 5.32 Å². The monoisotopic (exact) mass is 356 g/mol. The number of rotatable bonds is 4. The maximum absolute atomic E-state index is 4.45. The van der Waals surface area contributed by atoms with E-state index in [1.54, 1.807) is 0 Å². The van der Waals surface area contributed by atoms with Crippen LogP contribution in [0.2, 0.25) is 0 Å². The highest BCUT2D eigenvalue weighted by Crippen LogP contribution is 2.37. The standard InChI is InChI=1S/C23H24N4/c1-14(2)22-19-12-16(18-6-8-21(24-4)26-13-18)5-7-20(19)27-23(22)17-9-10-25-15(3)11-17/h5-14,27H,1-4H3,(H,24,26). The van der Waals surface area contributed by atoms with Crippen LogP contribution in [0.15, 0.2) is 54.9 Å². The summed E-state index contributed by atoms with van der Waals surface area (Å²) < 4.78 is 0. The maximum Gasteiger partial charge on any atom is 0.125 e. The van der Waals surface area contributed by atoms with Crippen LogP contribution in [0.25, 0.3) is 33.3 Å². The lowest BCUT2D eigenvalue weighted by molar-refractivity contribution is 0.878. The average Bonchev–Trinajstić information content (AvgIpc) is 3.07. The normalized spacial score (nSPS) is 11.3. The first kappa shape index (κ1) is 17.3. The quantitative estimate of drug-likeness (QED) is 0.488. The van der Waals surface area contributed by atoms with Gasteiger partial charge in [0.2, 0.25) is 0 Å². The number of nitrogens with one attached hydrogen (secondary N) is 2. The molecule has 4 aromatic rings. The molecule has 4 nitrogen and oxygen atoms in total. The predicted octanol–water partition coefficient (Wildman–Crippen LogP) is 5.77. The zero-order chi connectivity index (χ0) is 19.0. The molecule has 0 saturated carbocycles. The van der Waals surface area contributed by atoms with Gasteiger partial charge in [0.05, 0.1) is 5.69 Å². The van der Waals surface area contributed by atoms with Crippen molar-refractivity contribution >= 4 is 16.7 Å². The molecule has 0 unspecified atom stereocenters. The summed E-state index contributed by atoms with van der Waals surface area (Å²) in [6.45, 7) is 6.52. The van der Waals surface area contributed by atoms with Crippen molar-refractivity contribution in [3.8, 4) is 22.4 Å². The summed E-state index contributed by atoms with van der Waals surface area (Å²) in [7, 11) is 1.88. The fraction of sp³-hybridized carbons (Fsp3) is 0.217. The molecule has 0 aliphatic heterocycles. The lowest BCUT2D eigenvalue weighted by atomic mass is 9.94. The highest BCUT2D eigenvalue weighted by molar-refractivity contribution is 5.94. The van der Waals surface area contributed by atoms with E-state index in [0.29, 0.717) is 5.92 Å². The fourth-order valence-corrected chi connectivity index (χ4v) is 3.63. The Balaban J connectivity index is 1.88. The van der Waals surface area contributed by atoms with Crippen molar-refractivity contribution in [2.24, 2.45) is 0 Å². The van der Waals surface area contributed by atoms with Crippen LogP contribution >= 0.6 is 0 Å². The van der Waals surface area contributed by atoms with Crippen molar-refractivity contribution < 1.29 is 0 Å². The highest BCUT2D eigenvalue weighted by atomic mass is 14.9. The zero-order valence-electron chi connectivity index (χ0n) is 16.2. The number of anilines is 1. The number of aryl methyl sites for hydroxylation is 1.